The lowest BCUT2D eigenvalue weighted by Gasteiger charge is -2.32. The first-order valence-electron chi connectivity index (χ1n) is 20.9. The van der Waals surface area contributed by atoms with Gasteiger partial charge >= 0.3 is 0 Å². The van der Waals surface area contributed by atoms with Gasteiger partial charge in [-0.25, -0.2) is 0 Å². The van der Waals surface area contributed by atoms with Crippen LogP contribution in [0.25, 0.3) is 0 Å². The summed E-state index contributed by atoms with van der Waals surface area (Å²) in [7, 11) is 0. The third kappa shape index (κ3) is 17.2. The molecule has 0 amide bonds. The van der Waals surface area contributed by atoms with Crippen LogP contribution in [-0.2, 0) is 0 Å². The van der Waals surface area contributed by atoms with E-state index in [1.165, 1.54) is 199 Å². The molecule has 44 heavy (non-hydrogen) atoms. The quantitative estimate of drug-likeness (QED) is 0.0894. The molecule has 0 radical (unpaired) electrons. The monoisotopic (exact) mass is 616 g/mol. The SMILES string of the molecule is CCCCC1CCC(NCCCCCC(CCCCCNC2CCC(CCCC)CC2)NC2CCC(CCCC)CC2)CC1. The zero-order chi connectivity index (χ0) is 31.1. The van der Waals surface area contributed by atoms with E-state index in [4.69, 9.17) is 0 Å². The van der Waals surface area contributed by atoms with Crippen LogP contribution in [0.2, 0.25) is 0 Å². The van der Waals surface area contributed by atoms with Gasteiger partial charge in [0.15, 0.2) is 0 Å². The van der Waals surface area contributed by atoms with Crippen molar-refractivity contribution in [1.82, 2.24) is 16.0 Å². The lowest BCUT2D eigenvalue weighted by atomic mass is 9.82. The fraction of sp³-hybridized carbons (Fsp3) is 1.00. The van der Waals surface area contributed by atoms with Gasteiger partial charge in [0.1, 0.15) is 0 Å². The first-order chi connectivity index (χ1) is 21.7. The van der Waals surface area contributed by atoms with Crippen LogP contribution in [0.3, 0.4) is 0 Å². The highest BCUT2D eigenvalue weighted by Gasteiger charge is 2.24. The Morgan fingerprint density at radius 1 is 0.409 bits per heavy atom. The molecule has 0 bridgehead atoms. The molecule has 0 aromatic carbocycles. The second-order valence-corrected chi connectivity index (χ2v) is 16.1. The Morgan fingerprint density at radius 2 is 0.773 bits per heavy atom. The Bertz CT molecular complexity index is 588. The highest BCUT2D eigenvalue weighted by molar-refractivity contribution is 4.82. The second kappa shape index (κ2) is 25.0. The molecule has 0 aliphatic heterocycles. The van der Waals surface area contributed by atoms with Crippen molar-refractivity contribution in [2.24, 2.45) is 17.8 Å². The average molecular weight is 616 g/mol. The number of nitrogens with one attached hydrogen (secondary N) is 3. The molecular formula is C41H81N3. The Labute approximate surface area is 277 Å². The Balaban J connectivity index is 1.26. The van der Waals surface area contributed by atoms with E-state index in [0.717, 1.165) is 41.9 Å². The summed E-state index contributed by atoms with van der Waals surface area (Å²) in [4.78, 5) is 0. The molecule has 3 aliphatic rings. The van der Waals surface area contributed by atoms with Crippen LogP contribution >= 0.6 is 0 Å². The van der Waals surface area contributed by atoms with Gasteiger partial charge in [0.25, 0.3) is 0 Å². The fourth-order valence-electron chi connectivity index (χ4n) is 9.05. The van der Waals surface area contributed by atoms with Gasteiger partial charge in [-0.2, -0.15) is 0 Å². The number of hydrogen-bond acceptors (Lipinski definition) is 3. The summed E-state index contributed by atoms with van der Waals surface area (Å²) < 4.78 is 0. The molecule has 3 saturated carbocycles. The van der Waals surface area contributed by atoms with Crippen molar-refractivity contribution in [2.75, 3.05) is 13.1 Å². The normalized spacial score (nSPS) is 28.7. The van der Waals surface area contributed by atoms with Crippen molar-refractivity contribution in [3.63, 3.8) is 0 Å². The Kier molecular flexibility index (Phi) is 21.8. The molecule has 0 atom stereocenters. The zero-order valence-electron chi connectivity index (χ0n) is 30.5. The highest BCUT2D eigenvalue weighted by atomic mass is 15.0. The van der Waals surface area contributed by atoms with Crippen molar-refractivity contribution in [3.8, 4) is 0 Å². The number of rotatable bonds is 25. The summed E-state index contributed by atoms with van der Waals surface area (Å²) in [6, 6.07) is 3.17. The zero-order valence-corrected chi connectivity index (χ0v) is 30.5. The Morgan fingerprint density at radius 3 is 1.14 bits per heavy atom. The average Bonchev–Trinajstić information content (AvgIpc) is 3.06. The molecule has 0 spiro atoms. The van der Waals surface area contributed by atoms with E-state index >= 15 is 0 Å². The van der Waals surface area contributed by atoms with Gasteiger partial charge in [-0.3, -0.25) is 0 Å². The summed E-state index contributed by atoms with van der Waals surface area (Å²) in [5, 5.41) is 12.1. The number of hydrogen-bond donors (Lipinski definition) is 3. The smallest absolute Gasteiger partial charge is 0.00698 e. The predicted octanol–water partition coefficient (Wildman–Crippen LogP) is 11.5. The van der Waals surface area contributed by atoms with Gasteiger partial charge < -0.3 is 16.0 Å². The molecule has 3 nitrogen and oxygen atoms in total. The standard InChI is InChI=1S/C41H81N3/c1-4-7-16-35-21-27-38(28-22-35)42-33-14-10-12-19-40(44-41-31-25-37(26-32-41)18-9-6-3)20-13-11-15-34-43-39-29-23-36(24-30-39)17-8-5-2/h35-44H,4-34H2,1-3H3. The summed E-state index contributed by atoms with van der Waals surface area (Å²) >= 11 is 0. The van der Waals surface area contributed by atoms with Crippen molar-refractivity contribution in [3.05, 3.63) is 0 Å². The molecule has 260 valence electrons. The lowest BCUT2D eigenvalue weighted by Crippen LogP contribution is -2.40. The molecule has 0 heterocycles. The van der Waals surface area contributed by atoms with Crippen LogP contribution in [0, 0.1) is 17.8 Å². The lowest BCUT2D eigenvalue weighted by molar-refractivity contribution is 0.249. The second-order valence-electron chi connectivity index (χ2n) is 16.1. The number of unbranched alkanes of at least 4 members (excludes halogenated alkanes) is 7. The van der Waals surface area contributed by atoms with Crippen LogP contribution in [0.1, 0.15) is 207 Å². The first-order valence-corrected chi connectivity index (χ1v) is 20.9. The molecule has 0 aromatic heterocycles. The summed E-state index contributed by atoms with van der Waals surface area (Å²) in [5.74, 6) is 3.07. The maximum Gasteiger partial charge on any atom is 0.00698 e. The minimum atomic E-state index is 0.755. The van der Waals surface area contributed by atoms with E-state index in [9.17, 15) is 0 Å². The van der Waals surface area contributed by atoms with Crippen LogP contribution < -0.4 is 16.0 Å². The van der Waals surface area contributed by atoms with Gasteiger partial charge in [0.05, 0.1) is 0 Å². The summed E-state index contributed by atoms with van der Waals surface area (Å²) in [5.41, 5.74) is 0. The van der Waals surface area contributed by atoms with Gasteiger partial charge in [0.2, 0.25) is 0 Å². The van der Waals surface area contributed by atoms with Gasteiger partial charge in [-0.1, -0.05) is 104 Å². The van der Waals surface area contributed by atoms with E-state index in [0.29, 0.717) is 0 Å². The van der Waals surface area contributed by atoms with Crippen LogP contribution in [0.4, 0.5) is 0 Å². The highest BCUT2D eigenvalue weighted by Crippen LogP contribution is 2.31. The van der Waals surface area contributed by atoms with Gasteiger partial charge in [-0.15, -0.1) is 0 Å². The molecule has 0 saturated heterocycles. The maximum atomic E-state index is 4.22. The first kappa shape index (κ1) is 38.3. The Hall–Kier alpha value is -0.120. The van der Waals surface area contributed by atoms with E-state index in [1.807, 2.05) is 0 Å². The molecular weight excluding hydrogens is 534 g/mol. The predicted molar refractivity (Wildman–Crippen MR) is 196 cm³/mol. The maximum absolute atomic E-state index is 4.22. The van der Waals surface area contributed by atoms with E-state index in [2.05, 4.69) is 36.7 Å². The van der Waals surface area contributed by atoms with Crippen molar-refractivity contribution in [2.45, 2.75) is 231 Å². The van der Waals surface area contributed by atoms with Crippen LogP contribution in [0.5, 0.6) is 0 Å². The van der Waals surface area contributed by atoms with E-state index in [1.54, 1.807) is 0 Å². The summed E-state index contributed by atoms with van der Waals surface area (Å²) in [6.45, 7) is 9.52. The van der Waals surface area contributed by atoms with E-state index in [-0.39, 0.29) is 0 Å². The molecule has 3 N–H and O–H groups in total. The molecule has 3 aliphatic carbocycles. The summed E-state index contributed by atoms with van der Waals surface area (Å²) in [6.07, 6.45) is 41.5. The molecule has 3 fully saturated rings. The van der Waals surface area contributed by atoms with E-state index < -0.39 is 0 Å². The van der Waals surface area contributed by atoms with Gasteiger partial charge in [-0.05, 0) is 134 Å². The minimum Gasteiger partial charge on any atom is -0.314 e. The largest absolute Gasteiger partial charge is 0.314 e. The van der Waals surface area contributed by atoms with Crippen LogP contribution in [0.15, 0.2) is 0 Å². The fourth-order valence-corrected chi connectivity index (χ4v) is 9.05. The topological polar surface area (TPSA) is 36.1 Å². The molecule has 0 unspecified atom stereocenters. The van der Waals surface area contributed by atoms with Crippen molar-refractivity contribution in [1.29, 1.82) is 0 Å². The van der Waals surface area contributed by atoms with Gasteiger partial charge in [0, 0.05) is 24.2 Å². The van der Waals surface area contributed by atoms with Crippen LogP contribution in [-0.4, -0.2) is 37.3 Å². The molecule has 3 rings (SSSR count). The third-order valence-electron chi connectivity index (χ3n) is 12.2. The minimum absolute atomic E-state index is 0.755. The molecule has 3 heteroatoms. The van der Waals surface area contributed by atoms with Crippen molar-refractivity contribution >= 4 is 0 Å². The third-order valence-corrected chi connectivity index (χ3v) is 12.2. The molecule has 0 aromatic rings. The van der Waals surface area contributed by atoms with Crippen molar-refractivity contribution < 1.29 is 0 Å².